The van der Waals surface area contributed by atoms with Gasteiger partial charge < -0.3 is 14.2 Å². The predicted octanol–water partition coefficient (Wildman–Crippen LogP) is 2.44. The topological polar surface area (TPSA) is 81.5 Å². The van der Waals surface area contributed by atoms with E-state index in [2.05, 4.69) is 4.98 Å². The van der Waals surface area contributed by atoms with Gasteiger partial charge in [-0.3, -0.25) is 14.4 Å². The Balaban J connectivity index is 1.44. The lowest BCUT2D eigenvalue weighted by atomic mass is 10.1. The first kappa shape index (κ1) is 23.9. The Bertz CT molecular complexity index is 1640. The van der Waals surface area contributed by atoms with Gasteiger partial charge in [0.2, 0.25) is 5.88 Å². The number of hydrogen-bond acceptors (Lipinski definition) is 5. The normalized spacial score (nSPS) is 13.8. The van der Waals surface area contributed by atoms with Crippen LogP contribution in [0.15, 0.2) is 89.7 Å². The average molecular weight is 492 g/mol. The van der Waals surface area contributed by atoms with Crippen molar-refractivity contribution in [3.05, 3.63) is 123 Å². The number of nitrogens with zero attached hydrogens (tertiary/aromatic N) is 3. The van der Waals surface area contributed by atoms with Crippen molar-refractivity contribution >= 4 is 29.5 Å². The van der Waals surface area contributed by atoms with Gasteiger partial charge in [0.1, 0.15) is 10.7 Å². The molecule has 0 radical (unpaired) electrons. The van der Waals surface area contributed by atoms with E-state index in [1.54, 1.807) is 37.4 Å². The molecule has 0 unspecified atom stereocenters. The SMILES string of the molecule is Cn1c(=O)/c(=C/c2ccccc2)nc(OCCCN2C(=O)C(=O)c3ccccc32)/c1=C/c1ccccc1. The first-order valence-electron chi connectivity index (χ1n) is 12.0. The lowest BCUT2D eigenvalue weighted by molar-refractivity contribution is -0.114. The maximum atomic E-state index is 13.1. The molecule has 1 aliphatic rings. The minimum atomic E-state index is -0.528. The summed E-state index contributed by atoms with van der Waals surface area (Å²) in [5, 5.41) is 0.808. The van der Waals surface area contributed by atoms with Crippen molar-refractivity contribution in [2.75, 3.05) is 18.1 Å². The number of rotatable bonds is 7. The Morgan fingerprint density at radius 1 is 0.811 bits per heavy atom. The summed E-state index contributed by atoms with van der Waals surface area (Å²) in [6, 6.07) is 26.1. The maximum absolute atomic E-state index is 13.1. The number of carbonyl (C=O) groups is 2. The number of para-hydroxylation sites is 1. The van der Waals surface area contributed by atoms with Crippen molar-refractivity contribution in [3.8, 4) is 5.88 Å². The molecular weight excluding hydrogens is 466 g/mol. The van der Waals surface area contributed by atoms with Crippen molar-refractivity contribution in [2.45, 2.75) is 6.42 Å². The molecule has 1 aromatic heterocycles. The smallest absolute Gasteiger partial charge is 0.299 e. The van der Waals surface area contributed by atoms with Crippen LogP contribution in [0.3, 0.4) is 0 Å². The molecule has 7 nitrogen and oxygen atoms in total. The number of Topliss-reactive ketones (excluding diaryl/α,β-unsaturated/α-hetero) is 1. The van der Waals surface area contributed by atoms with E-state index in [0.717, 1.165) is 11.1 Å². The molecule has 7 heteroatoms. The van der Waals surface area contributed by atoms with E-state index in [-0.39, 0.29) is 17.5 Å². The summed E-state index contributed by atoms with van der Waals surface area (Å²) < 4.78 is 7.62. The summed E-state index contributed by atoms with van der Waals surface area (Å²) >= 11 is 0. The van der Waals surface area contributed by atoms with Crippen LogP contribution >= 0.6 is 0 Å². The van der Waals surface area contributed by atoms with Crippen molar-refractivity contribution in [3.63, 3.8) is 0 Å². The molecule has 0 aliphatic carbocycles. The standard InChI is InChI=1S/C30H25N3O4/c1-32-26(20-22-13-6-3-7-14-22)28(31-24(29(32)35)19-21-11-4-2-5-12-21)37-18-10-17-33-25-16-9-8-15-23(25)27(34)30(33)36/h2-9,11-16,19-20H,10,17-18H2,1H3/b24-19-,26-20-. The van der Waals surface area contributed by atoms with Crippen LogP contribution in [0.5, 0.6) is 5.88 Å². The number of ketones is 1. The molecule has 1 aliphatic heterocycles. The molecule has 0 atom stereocenters. The number of benzene rings is 3. The third-order valence-electron chi connectivity index (χ3n) is 6.18. The predicted molar refractivity (Wildman–Crippen MR) is 142 cm³/mol. The zero-order valence-corrected chi connectivity index (χ0v) is 20.3. The monoisotopic (exact) mass is 491 g/mol. The summed E-state index contributed by atoms with van der Waals surface area (Å²) in [7, 11) is 1.69. The van der Waals surface area contributed by atoms with Gasteiger partial charge >= 0.3 is 0 Å². The quantitative estimate of drug-likeness (QED) is 0.293. The number of amides is 1. The van der Waals surface area contributed by atoms with Gasteiger partial charge in [-0.1, -0.05) is 72.8 Å². The molecule has 0 fully saturated rings. The van der Waals surface area contributed by atoms with Crippen LogP contribution in [0.2, 0.25) is 0 Å². The van der Waals surface area contributed by atoms with E-state index >= 15 is 0 Å². The van der Waals surface area contributed by atoms with Crippen molar-refractivity contribution in [1.29, 1.82) is 0 Å². The van der Waals surface area contributed by atoms with Crippen LogP contribution < -0.4 is 25.9 Å². The van der Waals surface area contributed by atoms with Crippen LogP contribution in [-0.4, -0.2) is 34.4 Å². The number of carbonyl (C=O) groups excluding carboxylic acids is 2. The van der Waals surface area contributed by atoms with Gasteiger partial charge in [-0.15, -0.1) is 0 Å². The van der Waals surface area contributed by atoms with Crippen molar-refractivity contribution < 1.29 is 14.3 Å². The fourth-order valence-electron chi connectivity index (χ4n) is 4.27. The summed E-state index contributed by atoms with van der Waals surface area (Å²) in [6.45, 7) is 0.569. The summed E-state index contributed by atoms with van der Waals surface area (Å²) in [5.41, 5.74) is 2.57. The van der Waals surface area contributed by atoms with Gasteiger partial charge in [0.25, 0.3) is 17.2 Å². The largest absolute Gasteiger partial charge is 0.476 e. The van der Waals surface area contributed by atoms with Gasteiger partial charge in [0, 0.05) is 13.6 Å². The lowest BCUT2D eigenvalue weighted by Gasteiger charge is -2.16. The first-order chi connectivity index (χ1) is 18.0. The second kappa shape index (κ2) is 10.5. The molecule has 4 aromatic rings. The van der Waals surface area contributed by atoms with Crippen LogP contribution in [0, 0.1) is 0 Å². The van der Waals surface area contributed by atoms with E-state index in [4.69, 9.17) is 4.74 Å². The van der Waals surface area contributed by atoms with Gasteiger partial charge in [0.05, 0.1) is 17.9 Å². The molecule has 0 spiro atoms. The molecule has 1 amide bonds. The van der Waals surface area contributed by atoms with E-state index in [0.29, 0.717) is 35.4 Å². The summed E-state index contributed by atoms with van der Waals surface area (Å²) in [6.07, 6.45) is 4.06. The Labute approximate surface area is 213 Å². The van der Waals surface area contributed by atoms with E-state index in [1.807, 2.05) is 66.7 Å². The maximum Gasteiger partial charge on any atom is 0.299 e. The van der Waals surface area contributed by atoms with Crippen molar-refractivity contribution in [1.82, 2.24) is 9.55 Å². The number of anilines is 1. The van der Waals surface area contributed by atoms with Gasteiger partial charge in [-0.25, -0.2) is 4.98 Å². The Morgan fingerprint density at radius 3 is 2.14 bits per heavy atom. The van der Waals surface area contributed by atoms with Crippen LogP contribution in [0.4, 0.5) is 5.69 Å². The molecule has 3 aromatic carbocycles. The Hall–Kier alpha value is -4.78. The highest BCUT2D eigenvalue weighted by molar-refractivity contribution is 6.52. The van der Waals surface area contributed by atoms with E-state index in [9.17, 15) is 14.4 Å². The van der Waals surface area contributed by atoms with Gasteiger partial charge in [-0.05, 0) is 41.8 Å². The molecule has 184 valence electrons. The third kappa shape index (κ3) is 4.97. The van der Waals surface area contributed by atoms with Crippen molar-refractivity contribution in [2.24, 2.45) is 7.05 Å². The number of ether oxygens (including phenoxy) is 1. The highest BCUT2D eigenvalue weighted by Gasteiger charge is 2.34. The highest BCUT2D eigenvalue weighted by atomic mass is 16.5. The second-order valence-corrected chi connectivity index (χ2v) is 8.67. The number of fused-ring (bicyclic) bond motifs is 1. The average Bonchev–Trinajstić information content (AvgIpc) is 3.17. The third-order valence-corrected chi connectivity index (χ3v) is 6.18. The minimum absolute atomic E-state index is 0.240. The lowest BCUT2D eigenvalue weighted by Crippen LogP contribution is -2.44. The molecule has 0 N–H and O–H groups in total. The fraction of sp³-hybridized carbons (Fsp3) is 0.133. The highest BCUT2D eigenvalue weighted by Crippen LogP contribution is 2.28. The van der Waals surface area contributed by atoms with Crippen LogP contribution in [0.25, 0.3) is 12.2 Å². The van der Waals surface area contributed by atoms with E-state index in [1.165, 1.54) is 9.47 Å². The second-order valence-electron chi connectivity index (χ2n) is 8.67. The Morgan fingerprint density at radius 2 is 1.43 bits per heavy atom. The minimum Gasteiger partial charge on any atom is -0.476 e. The van der Waals surface area contributed by atoms with E-state index < -0.39 is 11.7 Å². The summed E-state index contributed by atoms with van der Waals surface area (Å²) in [4.78, 5) is 43.9. The molecule has 0 bridgehead atoms. The Kier molecular flexibility index (Phi) is 6.76. The zero-order chi connectivity index (χ0) is 25.8. The number of hydrogen-bond donors (Lipinski definition) is 0. The first-order valence-corrected chi connectivity index (χ1v) is 12.0. The molecule has 0 saturated carbocycles. The summed E-state index contributed by atoms with van der Waals surface area (Å²) in [5.74, 6) is -0.700. The van der Waals surface area contributed by atoms with Gasteiger partial charge in [0.15, 0.2) is 0 Å². The van der Waals surface area contributed by atoms with Crippen LogP contribution in [0.1, 0.15) is 27.9 Å². The number of aromatic nitrogens is 2. The molecule has 2 heterocycles. The molecule has 0 saturated heterocycles. The molecular formula is C30H25N3O4. The molecule has 5 rings (SSSR count). The van der Waals surface area contributed by atoms with Crippen LogP contribution in [-0.2, 0) is 11.8 Å². The zero-order valence-electron chi connectivity index (χ0n) is 20.3. The fourth-order valence-corrected chi connectivity index (χ4v) is 4.27. The van der Waals surface area contributed by atoms with Gasteiger partial charge in [-0.2, -0.15) is 0 Å². The molecule has 37 heavy (non-hydrogen) atoms.